The molecule has 0 aliphatic carbocycles. The van der Waals surface area contributed by atoms with Gasteiger partial charge in [-0.25, -0.2) is 0 Å². The zero-order chi connectivity index (χ0) is 12.9. The Morgan fingerprint density at radius 2 is 1.88 bits per heavy atom. The Morgan fingerprint density at radius 1 is 1.29 bits per heavy atom. The summed E-state index contributed by atoms with van der Waals surface area (Å²) in [5.41, 5.74) is 1.03. The highest BCUT2D eigenvalue weighted by molar-refractivity contribution is 5.93. The molecule has 0 heterocycles. The Bertz CT molecular complexity index is 366. The van der Waals surface area contributed by atoms with Crippen LogP contribution in [0, 0.1) is 0 Å². The number of amides is 1. The summed E-state index contributed by atoms with van der Waals surface area (Å²) in [5, 5.41) is 15.3. The third-order valence-corrected chi connectivity index (χ3v) is 2.33. The predicted molar refractivity (Wildman–Crippen MR) is 67.8 cm³/mol. The van der Waals surface area contributed by atoms with Gasteiger partial charge in [-0.3, -0.25) is 4.79 Å². The van der Waals surface area contributed by atoms with Crippen molar-refractivity contribution in [2.24, 2.45) is 0 Å². The highest BCUT2D eigenvalue weighted by atomic mass is 16.3. The van der Waals surface area contributed by atoms with Crippen LogP contribution in [0.25, 0.3) is 0 Å². The lowest BCUT2D eigenvalue weighted by Gasteiger charge is -2.17. The van der Waals surface area contributed by atoms with Crippen molar-refractivity contribution in [3.8, 4) is 0 Å². The van der Waals surface area contributed by atoms with E-state index in [1.165, 1.54) is 0 Å². The molecule has 1 amide bonds. The number of hydrogen-bond donors (Lipinski definition) is 3. The minimum Gasteiger partial charge on any atom is -0.389 e. The van der Waals surface area contributed by atoms with Crippen molar-refractivity contribution < 1.29 is 9.90 Å². The first-order valence-corrected chi connectivity index (χ1v) is 5.66. The monoisotopic (exact) mass is 236 g/mol. The van der Waals surface area contributed by atoms with Crippen LogP contribution in [0.4, 0.5) is 0 Å². The normalized spacial score (nSPS) is 11.3. The largest absolute Gasteiger partial charge is 0.389 e. The van der Waals surface area contributed by atoms with Crippen LogP contribution >= 0.6 is 0 Å². The molecule has 4 heteroatoms. The van der Waals surface area contributed by atoms with E-state index in [-0.39, 0.29) is 5.91 Å². The fraction of sp³-hybridized carbons (Fsp3) is 0.462. The summed E-state index contributed by atoms with van der Waals surface area (Å²) in [6.45, 7) is 4.73. The minimum absolute atomic E-state index is 0.0824. The fourth-order valence-electron chi connectivity index (χ4n) is 1.43. The zero-order valence-corrected chi connectivity index (χ0v) is 10.6. The molecular weight excluding hydrogens is 216 g/mol. The molecule has 3 N–H and O–H groups in total. The summed E-state index contributed by atoms with van der Waals surface area (Å²) < 4.78 is 0. The van der Waals surface area contributed by atoms with Crippen LogP contribution < -0.4 is 10.6 Å². The third-order valence-electron chi connectivity index (χ3n) is 2.33. The molecule has 0 spiro atoms. The molecule has 0 saturated carbocycles. The van der Waals surface area contributed by atoms with E-state index >= 15 is 0 Å². The van der Waals surface area contributed by atoms with Gasteiger partial charge in [-0.05, 0) is 31.5 Å². The van der Waals surface area contributed by atoms with Gasteiger partial charge in [0.2, 0.25) is 0 Å². The summed E-state index contributed by atoms with van der Waals surface area (Å²) >= 11 is 0. The Balaban J connectivity index is 2.49. The van der Waals surface area contributed by atoms with Crippen LogP contribution in [-0.2, 0) is 6.54 Å². The smallest absolute Gasteiger partial charge is 0.251 e. The van der Waals surface area contributed by atoms with Crippen LogP contribution in [-0.4, -0.2) is 30.2 Å². The lowest BCUT2D eigenvalue weighted by atomic mass is 10.1. The standard InChI is InChI=1S/C13H20N2O2/c1-13(2,17)9-15-8-10-4-6-11(7-5-10)12(16)14-3/h4-7,15,17H,8-9H2,1-3H3,(H,14,16). The van der Waals surface area contributed by atoms with Crippen LogP contribution in [0.5, 0.6) is 0 Å². The minimum atomic E-state index is -0.706. The van der Waals surface area contributed by atoms with Crippen LogP contribution in [0.15, 0.2) is 24.3 Å². The first kappa shape index (κ1) is 13.7. The van der Waals surface area contributed by atoms with Crippen molar-refractivity contribution in [1.82, 2.24) is 10.6 Å². The first-order valence-electron chi connectivity index (χ1n) is 5.66. The molecule has 1 aromatic carbocycles. The Labute approximate surface area is 102 Å². The number of rotatable bonds is 5. The maximum absolute atomic E-state index is 11.3. The van der Waals surface area contributed by atoms with Crippen LogP contribution in [0.1, 0.15) is 29.8 Å². The van der Waals surface area contributed by atoms with Crippen LogP contribution in [0.2, 0.25) is 0 Å². The van der Waals surface area contributed by atoms with Gasteiger partial charge in [0.05, 0.1) is 5.60 Å². The lowest BCUT2D eigenvalue weighted by Crippen LogP contribution is -2.34. The van der Waals surface area contributed by atoms with E-state index in [0.717, 1.165) is 5.56 Å². The van der Waals surface area contributed by atoms with E-state index in [4.69, 9.17) is 0 Å². The SMILES string of the molecule is CNC(=O)c1ccc(CNCC(C)(C)O)cc1. The third kappa shape index (κ3) is 4.97. The van der Waals surface area contributed by atoms with Crippen molar-refractivity contribution in [2.75, 3.05) is 13.6 Å². The van der Waals surface area contributed by atoms with Gasteiger partial charge in [-0.2, -0.15) is 0 Å². The van der Waals surface area contributed by atoms with Crippen molar-refractivity contribution in [3.63, 3.8) is 0 Å². The first-order chi connectivity index (χ1) is 7.92. The van der Waals surface area contributed by atoms with Gasteiger partial charge in [-0.15, -0.1) is 0 Å². The molecule has 1 aromatic rings. The number of hydrogen-bond acceptors (Lipinski definition) is 3. The quantitative estimate of drug-likeness (QED) is 0.712. The summed E-state index contributed by atoms with van der Waals surface area (Å²) in [6, 6.07) is 7.39. The van der Waals surface area contributed by atoms with E-state index in [0.29, 0.717) is 18.7 Å². The molecule has 0 aliphatic rings. The van der Waals surface area contributed by atoms with Gasteiger partial charge < -0.3 is 15.7 Å². The maximum Gasteiger partial charge on any atom is 0.251 e. The molecule has 0 bridgehead atoms. The number of benzene rings is 1. The van der Waals surface area contributed by atoms with Gasteiger partial charge in [-0.1, -0.05) is 12.1 Å². The molecule has 0 aromatic heterocycles. The topological polar surface area (TPSA) is 61.4 Å². The molecule has 94 valence electrons. The Hall–Kier alpha value is -1.39. The number of carbonyl (C=O) groups is 1. The summed E-state index contributed by atoms with van der Waals surface area (Å²) in [5.74, 6) is -0.0824. The van der Waals surface area contributed by atoms with E-state index in [9.17, 15) is 9.90 Å². The summed E-state index contributed by atoms with van der Waals surface area (Å²) in [7, 11) is 1.61. The number of carbonyl (C=O) groups excluding carboxylic acids is 1. The number of nitrogens with one attached hydrogen (secondary N) is 2. The molecule has 4 nitrogen and oxygen atoms in total. The van der Waals surface area contributed by atoms with Crippen molar-refractivity contribution in [3.05, 3.63) is 35.4 Å². The maximum atomic E-state index is 11.3. The lowest BCUT2D eigenvalue weighted by molar-refractivity contribution is 0.0795. The molecule has 0 atom stereocenters. The van der Waals surface area contributed by atoms with Gasteiger partial charge in [0.15, 0.2) is 0 Å². The molecule has 0 fully saturated rings. The highest BCUT2D eigenvalue weighted by Gasteiger charge is 2.10. The second kappa shape index (κ2) is 5.80. The number of aliphatic hydroxyl groups is 1. The van der Waals surface area contributed by atoms with Crippen molar-refractivity contribution in [1.29, 1.82) is 0 Å². The second-order valence-corrected chi connectivity index (χ2v) is 4.69. The highest BCUT2D eigenvalue weighted by Crippen LogP contribution is 2.05. The second-order valence-electron chi connectivity index (χ2n) is 4.69. The van der Waals surface area contributed by atoms with Crippen molar-refractivity contribution in [2.45, 2.75) is 26.0 Å². The van der Waals surface area contributed by atoms with Crippen LogP contribution in [0.3, 0.4) is 0 Å². The average Bonchev–Trinajstić information content (AvgIpc) is 2.27. The molecule has 1 rings (SSSR count). The zero-order valence-electron chi connectivity index (χ0n) is 10.6. The molecule has 0 aliphatic heterocycles. The molecule has 0 radical (unpaired) electrons. The van der Waals surface area contributed by atoms with E-state index in [2.05, 4.69) is 10.6 Å². The van der Waals surface area contributed by atoms with E-state index in [1.807, 2.05) is 12.1 Å². The Kier molecular flexibility index (Phi) is 4.66. The molecule has 17 heavy (non-hydrogen) atoms. The average molecular weight is 236 g/mol. The Morgan fingerprint density at radius 3 is 2.35 bits per heavy atom. The van der Waals surface area contributed by atoms with Gasteiger partial charge >= 0.3 is 0 Å². The molecule has 0 unspecified atom stereocenters. The van der Waals surface area contributed by atoms with Gasteiger partial charge in [0, 0.05) is 25.7 Å². The molecular formula is C13H20N2O2. The fourth-order valence-corrected chi connectivity index (χ4v) is 1.43. The van der Waals surface area contributed by atoms with Crippen molar-refractivity contribution >= 4 is 5.91 Å². The van der Waals surface area contributed by atoms with E-state index < -0.39 is 5.60 Å². The summed E-state index contributed by atoms with van der Waals surface area (Å²) in [6.07, 6.45) is 0. The predicted octanol–water partition coefficient (Wildman–Crippen LogP) is 0.907. The van der Waals surface area contributed by atoms with Gasteiger partial charge in [0.25, 0.3) is 5.91 Å². The summed E-state index contributed by atoms with van der Waals surface area (Å²) in [4.78, 5) is 11.3. The van der Waals surface area contributed by atoms with Gasteiger partial charge in [0.1, 0.15) is 0 Å². The van der Waals surface area contributed by atoms with E-state index in [1.54, 1.807) is 33.0 Å². The molecule has 0 saturated heterocycles.